The Hall–Kier alpha value is -0.0400. The highest BCUT2D eigenvalue weighted by Gasteiger charge is 2.37. The third-order valence-corrected chi connectivity index (χ3v) is 5.55. The van der Waals surface area contributed by atoms with Crippen LogP contribution in [0.5, 0.6) is 0 Å². The minimum absolute atomic E-state index is 0.803. The van der Waals surface area contributed by atoms with E-state index < -0.39 is 0 Å². The summed E-state index contributed by atoms with van der Waals surface area (Å²) in [5.74, 6) is 4.72. The fraction of sp³-hybridized carbons (Fsp3) is 1.00. The molecule has 0 saturated heterocycles. The molecule has 0 aromatic rings. The molecule has 0 amide bonds. The summed E-state index contributed by atoms with van der Waals surface area (Å²) in [7, 11) is 0. The second-order valence-electron chi connectivity index (χ2n) is 7.33. The largest absolute Gasteiger partial charge is 0.314 e. The Morgan fingerprint density at radius 1 is 1.00 bits per heavy atom. The van der Waals surface area contributed by atoms with E-state index in [2.05, 4.69) is 33.0 Å². The van der Waals surface area contributed by atoms with Crippen molar-refractivity contribution in [1.82, 2.24) is 5.32 Å². The lowest BCUT2D eigenvalue weighted by molar-refractivity contribution is 0.131. The SMILES string of the molecule is CCNC(C1CC(C)CC(C)C1)C1CCCC1C. The van der Waals surface area contributed by atoms with E-state index in [-0.39, 0.29) is 0 Å². The molecule has 2 aliphatic carbocycles. The van der Waals surface area contributed by atoms with Crippen LogP contribution in [0.15, 0.2) is 0 Å². The molecule has 1 heteroatoms. The van der Waals surface area contributed by atoms with Crippen LogP contribution in [0.1, 0.15) is 66.2 Å². The van der Waals surface area contributed by atoms with Crippen LogP contribution < -0.4 is 5.32 Å². The highest BCUT2D eigenvalue weighted by atomic mass is 14.9. The molecular weight excluding hydrogens is 218 g/mol. The van der Waals surface area contributed by atoms with E-state index in [0.29, 0.717) is 0 Å². The van der Waals surface area contributed by atoms with Crippen molar-refractivity contribution in [1.29, 1.82) is 0 Å². The molecule has 0 aromatic heterocycles. The van der Waals surface area contributed by atoms with Crippen molar-refractivity contribution in [3.63, 3.8) is 0 Å². The van der Waals surface area contributed by atoms with Gasteiger partial charge in [0.1, 0.15) is 0 Å². The van der Waals surface area contributed by atoms with Gasteiger partial charge < -0.3 is 5.32 Å². The fourth-order valence-electron chi connectivity index (χ4n) is 4.91. The molecule has 5 unspecified atom stereocenters. The minimum atomic E-state index is 0.803. The Morgan fingerprint density at radius 3 is 2.17 bits per heavy atom. The van der Waals surface area contributed by atoms with Crippen LogP contribution in [-0.2, 0) is 0 Å². The van der Waals surface area contributed by atoms with E-state index in [1.165, 1.54) is 38.5 Å². The van der Waals surface area contributed by atoms with Gasteiger partial charge in [-0.05, 0) is 61.8 Å². The molecule has 1 N–H and O–H groups in total. The highest BCUT2D eigenvalue weighted by Crippen LogP contribution is 2.42. The van der Waals surface area contributed by atoms with Crippen LogP contribution in [0.4, 0.5) is 0 Å². The lowest BCUT2D eigenvalue weighted by atomic mass is 9.69. The number of nitrogens with one attached hydrogen (secondary N) is 1. The van der Waals surface area contributed by atoms with E-state index in [1.807, 2.05) is 0 Å². The number of hydrogen-bond donors (Lipinski definition) is 1. The van der Waals surface area contributed by atoms with E-state index in [4.69, 9.17) is 0 Å². The molecule has 0 radical (unpaired) electrons. The summed E-state index contributed by atoms with van der Waals surface area (Å²) in [6.45, 7) is 10.8. The van der Waals surface area contributed by atoms with Crippen LogP contribution in [0, 0.1) is 29.6 Å². The van der Waals surface area contributed by atoms with E-state index in [1.54, 1.807) is 0 Å². The molecule has 1 nitrogen and oxygen atoms in total. The van der Waals surface area contributed by atoms with Crippen molar-refractivity contribution in [3.8, 4) is 0 Å². The van der Waals surface area contributed by atoms with Crippen molar-refractivity contribution >= 4 is 0 Å². The first-order valence-corrected chi connectivity index (χ1v) is 8.35. The molecule has 2 fully saturated rings. The average Bonchev–Trinajstić information content (AvgIpc) is 2.71. The summed E-state index contributed by atoms with van der Waals surface area (Å²) >= 11 is 0. The first kappa shape index (κ1) is 14.4. The van der Waals surface area contributed by atoms with Gasteiger partial charge in [0.25, 0.3) is 0 Å². The van der Waals surface area contributed by atoms with Gasteiger partial charge in [0.2, 0.25) is 0 Å². The Labute approximate surface area is 114 Å². The molecule has 0 spiro atoms. The second-order valence-corrected chi connectivity index (χ2v) is 7.33. The van der Waals surface area contributed by atoms with Crippen LogP contribution in [-0.4, -0.2) is 12.6 Å². The molecule has 2 rings (SSSR count). The third kappa shape index (κ3) is 3.29. The van der Waals surface area contributed by atoms with Gasteiger partial charge in [-0.15, -0.1) is 0 Å². The van der Waals surface area contributed by atoms with Gasteiger partial charge in [0.15, 0.2) is 0 Å². The van der Waals surface area contributed by atoms with Crippen LogP contribution in [0.2, 0.25) is 0 Å². The number of hydrogen-bond acceptors (Lipinski definition) is 1. The van der Waals surface area contributed by atoms with E-state index in [9.17, 15) is 0 Å². The lowest BCUT2D eigenvalue weighted by Crippen LogP contribution is -2.45. The standard InChI is InChI=1S/C17H33N/c1-5-18-17(16-8-6-7-14(16)4)15-10-12(2)9-13(3)11-15/h12-18H,5-11H2,1-4H3. The Balaban J connectivity index is 2.03. The number of rotatable bonds is 4. The van der Waals surface area contributed by atoms with Crippen LogP contribution >= 0.6 is 0 Å². The molecule has 2 saturated carbocycles. The Morgan fingerprint density at radius 2 is 1.67 bits per heavy atom. The molecule has 2 aliphatic rings. The fourth-order valence-corrected chi connectivity index (χ4v) is 4.91. The van der Waals surface area contributed by atoms with Crippen molar-refractivity contribution in [2.75, 3.05) is 6.54 Å². The van der Waals surface area contributed by atoms with Gasteiger partial charge in [-0.2, -0.15) is 0 Å². The Bertz CT molecular complexity index is 240. The predicted octanol–water partition coefficient (Wildman–Crippen LogP) is 4.47. The van der Waals surface area contributed by atoms with Gasteiger partial charge in [-0.3, -0.25) is 0 Å². The van der Waals surface area contributed by atoms with Crippen LogP contribution in [0.3, 0.4) is 0 Å². The normalized spacial score (nSPS) is 43.0. The molecule has 0 aromatic carbocycles. The summed E-state index contributed by atoms with van der Waals surface area (Å²) < 4.78 is 0. The maximum atomic E-state index is 3.87. The van der Waals surface area contributed by atoms with Gasteiger partial charge in [-0.1, -0.05) is 40.5 Å². The molecule has 0 bridgehead atoms. The van der Waals surface area contributed by atoms with Crippen LogP contribution in [0.25, 0.3) is 0 Å². The van der Waals surface area contributed by atoms with Gasteiger partial charge in [0.05, 0.1) is 0 Å². The van der Waals surface area contributed by atoms with Gasteiger partial charge in [0, 0.05) is 6.04 Å². The van der Waals surface area contributed by atoms with E-state index in [0.717, 1.165) is 42.2 Å². The maximum absolute atomic E-state index is 3.87. The summed E-state index contributed by atoms with van der Waals surface area (Å²) in [6, 6.07) is 0.803. The molecule has 0 heterocycles. The summed E-state index contributed by atoms with van der Waals surface area (Å²) in [5, 5.41) is 3.87. The molecule has 18 heavy (non-hydrogen) atoms. The highest BCUT2D eigenvalue weighted by molar-refractivity contribution is 4.91. The summed E-state index contributed by atoms with van der Waals surface area (Å²) in [4.78, 5) is 0. The smallest absolute Gasteiger partial charge is 0.0126 e. The lowest BCUT2D eigenvalue weighted by Gasteiger charge is -2.40. The molecule has 0 aliphatic heterocycles. The van der Waals surface area contributed by atoms with Gasteiger partial charge in [-0.25, -0.2) is 0 Å². The second kappa shape index (κ2) is 6.41. The van der Waals surface area contributed by atoms with Crippen molar-refractivity contribution in [2.45, 2.75) is 72.3 Å². The zero-order chi connectivity index (χ0) is 13.1. The minimum Gasteiger partial charge on any atom is -0.314 e. The van der Waals surface area contributed by atoms with Crippen molar-refractivity contribution in [2.24, 2.45) is 29.6 Å². The first-order valence-electron chi connectivity index (χ1n) is 8.35. The average molecular weight is 251 g/mol. The molecular formula is C17H33N. The van der Waals surface area contributed by atoms with Crippen molar-refractivity contribution < 1.29 is 0 Å². The zero-order valence-corrected chi connectivity index (χ0v) is 12.9. The Kier molecular flexibility index (Phi) is 5.12. The first-order chi connectivity index (χ1) is 8.61. The quantitative estimate of drug-likeness (QED) is 0.777. The molecule has 106 valence electrons. The van der Waals surface area contributed by atoms with E-state index >= 15 is 0 Å². The monoisotopic (exact) mass is 251 g/mol. The summed E-state index contributed by atoms with van der Waals surface area (Å²) in [6.07, 6.45) is 8.78. The topological polar surface area (TPSA) is 12.0 Å². The zero-order valence-electron chi connectivity index (χ0n) is 12.9. The third-order valence-electron chi connectivity index (χ3n) is 5.55. The maximum Gasteiger partial charge on any atom is 0.0126 e. The predicted molar refractivity (Wildman–Crippen MR) is 79.6 cm³/mol. The van der Waals surface area contributed by atoms with Crippen molar-refractivity contribution in [3.05, 3.63) is 0 Å². The summed E-state index contributed by atoms with van der Waals surface area (Å²) in [5.41, 5.74) is 0. The molecule has 5 atom stereocenters. The van der Waals surface area contributed by atoms with Gasteiger partial charge >= 0.3 is 0 Å².